The van der Waals surface area contributed by atoms with Gasteiger partial charge in [-0.15, -0.1) is 5.92 Å². The van der Waals surface area contributed by atoms with Crippen LogP contribution in [-0.2, 0) is 0 Å². The first kappa shape index (κ1) is 13.5. The number of unbranched alkanes of at least 4 members (excludes halogenated alkanes) is 1. The molecule has 0 amide bonds. The lowest BCUT2D eigenvalue weighted by Crippen LogP contribution is -2.40. The zero-order chi connectivity index (χ0) is 11.0. The van der Waals surface area contributed by atoms with Crippen LogP contribution in [0.2, 0.25) is 0 Å². The van der Waals surface area contributed by atoms with Crippen LogP contribution in [0.3, 0.4) is 0 Å². The van der Waals surface area contributed by atoms with Crippen molar-refractivity contribution < 1.29 is 10.2 Å². The largest absolute Gasteiger partial charge is 0.389 e. The molecule has 0 aliphatic rings. The summed E-state index contributed by atoms with van der Waals surface area (Å²) in [7, 11) is 0. The Kier molecular flexibility index (Phi) is 6.61. The van der Waals surface area contributed by atoms with Gasteiger partial charge in [0.15, 0.2) is 5.60 Å². The van der Waals surface area contributed by atoms with Crippen molar-refractivity contribution in [2.24, 2.45) is 0 Å². The normalized spacial score (nSPS) is 16.6. The Bertz CT molecular complexity index is 202. The van der Waals surface area contributed by atoms with Crippen molar-refractivity contribution in [3.05, 3.63) is 6.92 Å². The molecular weight excluding hydrogens is 176 g/mol. The highest BCUT2D eigenvalue weighted by Gasteiger charge is 2.31. The molecule has 0 aromatic heterocycles. The molecule has 0 aromatic rings. The summed E-state index contributed by atoms with van der Waals surface area (Å²) in [5.41, 5.74) is -1.22. The van der Waals surface area contributed by atoms with E-state index in [4.69, 9.17) is 0 Å². The molecular formula is C12H21O2. The number of rotatable bonds is 5. The first-order chi connectivity index (χ1) is 6.60. The average Bonchev–Trinajstić information content (AvgIpc) is 2.17. The summed E-state index contributed by atoms with van der Waals surface area (Å²) in [6, 6.07) is 0. The van der Waals surface area contributed by atoms with Crippen LogP contribution in [0.1, 0.15) is 46.0 Å². The fourth-order valence-corrected chi connectivity index (χ4v) is 1.34. The van der Waals surface area contributed by atoms with Gasteiger partial charge in [-0.3, -0.25) is 0 Å². The zero-order valence-corrected chi connectivity index (χ0v) is 9.21. The summed E-state index contributed by atoms with van der Waals surface area (Å²) in [6.45, 7) is 7.48. The second kappa shape index (κ2) is 6.86. The van der Waals surface area contributed by atoms with E-state index in [1.807, 2.05) is 13.8 Å². The number of hydrogen-bond acceptors (Lipinski definition) is 2. The lowest BCUT2D eigenvalue weighted by atomic mass is 9.90. The van der Waals surface area contributed by atoms with Gasteiger partial charge in [0.05, 0.1) is 6.10 Å². The Labute approximate surface area is 87.3 Å². The molecule has 2 nitrogen and oxygen atoms in total. The predicted octanol–water partition coefficient (Wildman–Crippen LogP) is 1.91. The second-order valence-corrected chi connectivity index (χ2v) is 3.50. The number of aliphatic hydroxyl groups is 2. The van der Waals surface area contributed by atoms with Gasteiger partial charge in [0.1, 0.15) is 0 Å². The Morgan fingerprint density at radius 1 is 1.43 bits per heavy atom. The second-order valence-electron chi connectivity index (χ2n) is 3.50. The van der Waals surface area contributed by atoms with Gasteiger partial charge < -0.3 is 10.2 Å². The number of hydrogen-bond donors (Lipinski definition) is 2. The molecule has 81 valence electrons. The summed E-state index contributed by atoms with van der Waals surface area (Å²) < 4.78 is 0. The molecule has 0 fully saturated rings. The van der Waals surface area contributed by atoms with Crippen molar-refractivity contribution in [2.75, 3.05) is 0 Å². The SMILES string of the molecule is [CH2]CCC#CC(O)(CCC)C(O)CC. The van der Waals surface area contributed by atoms with Gasteiger partial charge in [0.25, 0.3) is 0 Å². The highest BCUT2D eigenvalue weighted by molar-refractivity contribution is 5.16. The van der Waals surface area contributed by atoms with Crippen LogP contribution in [0, 0.1) is 18.8 Å². The summed E-state index contributed by atoms with van der Waals surface area (Å²) in [4.78, 5) is 0. The minimum atomic E-state index is -1.22. The highest BCUT2D eigenvalue weighted by Crippen LogP contribution is 2.19. The van der Waals surface area contributed by atoms with Gasteiger partial charge in [-0.1, -0.05) is 33.1 Å². The first-order valence-electron chi connectivity index (χ1n) is 5.30. The quantitative estimate of drug-likeness (QED) is 0.661. The summed E-state index contributed by atoms with van der Waals surface area (Å²) in [5.74, 6) is 5.62. The molecule has 0 rings (SSSR count). The van der Waals surface area contributed by atoms with Crippen LogP contribution >= 0.6 is 0 Å². The summed E-state index contributed by atoms with van der Waals surface area (Å²) >= 11 is 0. The smallest absolute Gasteiger partial charge is 0.151 e. The molecule has 2 unspecified atom stereocenters. The fourth-order valence-electron chi connectivity index (χ4n) is 1.34. The third-order valence-electron chi connectivity index (χ3n) is 2.18. The maximum atomic E-state index is 10.1. The molecule has 0 spiro atoms. The fraction of sp³-hybridized carbons (Fsp3) is 0.750. The lowest BCUT2D eigenvalue weighted by Gasteiger charge is -2.26. The monoisotopic (exact) mass is 197 g/mol. The molecule has 2 atom stereocenters. The van der Waals surface area contributed by atoms with Crippen LogP contribution in [0.5, 0.6) is 0 Å². The highest BCUT2D eigenvalue weighted by atomic mass is 16.3. The van der Waals surface area contributed by atoms with Crippen molar-refractivity contribution in [3.8, 4) is 11.8 Å². The Hall–Kier alpha value is -0.520. The van der Waals surface area contributed by atoms with Crippen molar-refractivity contribution in [3.63, 3.8) is 0 Å². The van der Waals surface area contributed by atoms with Crippen molar-refractivity contribution in [2.45, 2.75) is 57.7 Å². The molecule has 2 N–H and O–H groups in total. The molecule has 14 heavy (non-hydrogen) atoms. The van der Waals surface area contributed by atoms with E-state index >= 15 is 0 Å². The van der Waals surface area contributed by atoms with Crippen molar-refractivity contribution in [1.29, 1.82) is 0 Å². The van der Waals surface area contributed by atoms with Gasteiger partial charge in [0.2, 0.25) is 0 Å². The van der Waals surface area contributed by atoms with Gasteiger partial charge in [-0.2, -0.15) is 0 Å². The Morgan fingerprint density at radius 3 is 2.50 bits per heavy atom. The molecule has 2 heteroatoms. The maximum Gasteiger partial charge on any atom is 0.151 e. The van der Waals surface area contributed by atoms with Crippen molar-refractivity contribution >= 4 is 0 Å². The predicted molar refractivity (Wildman–Crippen MR) is 58.5 cm³/mol. The van der Waals surface area contributed by atoms with Crippen molar-refractivity contribution in [1.82, 2.24) is 0 Å². The summed E-state index contributed by atoms with van der Waals surface area (Å²) in [5, 5.41) is 19.7. The molecule has 1 radical (unpaired) electrons. The van der Waals surface area contributed by atoms with E-state index in [0.717, 1.165) is 12.8 Å². The molecule has 0 aliphatic heterocycles. The lowest BCUT2D eigenvalue weighted by molar-refractivity contribution is -0.0392. The van der Waals surface area contributed by atoms with E-state index in [9.17, 15) is 10.2 Å². The first-order valence-corrected chi connectivity index (χ1v) is 5.30. The van der Waals surface area contributed by atoms with E-state index in [1.54, 1.807) is 0 Å². The van der Waals surface area contributed by atoms with Crippen LogP contribution in [0.15, 0.2) is 0 Å². The van der Waals surface area contributed by atoms with Gasteiger partial charge in [-0.25, -0.2) is 0 Å². The molecule has 0 saturated carbocycles. The average molecular weight is 197 g/mol. The molecule has 0 aromatic carbocycles. The van der Waals surface area contributed by atoms with Gasteiger partial charge >= 0.3 is 0 Å². The zero-order valence-electron chi connectivity index (χ0n) is 9.21. The minimum Gasteiger partial charge on any atom is -0.389 e. The third-order valence-corrected chi connectivity index (χ3v) is 2.18. The van der Waals surface area contributed by atoms with E-state index < -0.39 is 11.7 Å². The number of aliphatic hydroxyl groups excluding tert-OH is 1. The van der Waals surface area contributed by atoms with E-state index in [0.29, 0.717) is 19.3 Å². The van der Waals surface area contributed by atoms with Crippen LogP contribution in [0.25, 0.3) is 0 Å². The standard InChI is InChI=1S/C12H21O2/c1-4-7-8-10-12(14,9-5-2)11(13)6-3/h11,13-14H,1,4-7,9H2,2-3H3. The van der Waals surface area contributed by atoms with Crippen LogP contribution in [-0.4, -0.2) is 21.9 Å². The topological polar surface area (TPSA) is 40.5 Å². The summed E-state index contributed by atoms with van der Waals surface area (Å²) in [6.07, 6.45) is 2.51. The maximum absolute atomic E-state index is 10.1. The van der Waals surface area contributed by atoms with Crippen LogP contribution < -0.4 is 0 Å². The molecule has 0 heterocycles. The molecule has 0 saturated heterocycles. The molecule has 0 aliphatic carbocycles. The van der Waals surface area contributed by atoms with E-state index in [1.165, 1.54) is 0 Å². The minimum absolute atomic E-state index is 0.520. The Balaban J connectivity index is 4.47. The molecule has 0 bridgehead atoms. The van der Waals surface area contributed by atoms with Gasteiger partial charge in [-0.05, 0) is 19.3 Å². The van der Waals surface area contributed by atoms with Crippen LogP contribution in [0.4, 0.5) is 0 Å². The van der Waals surface area contributed by atoms with E-state index in [2.05, 4.69) is 18.8 Å². The van der Waals surface area contributed by atoms with Gasteiger partial charge in [0, 0.05) is 6.42 Å². The third kappa shape index (κ3) is 4.13. The van der Waals surface area contributed by atoms with E-state index in [-0.39, 0.29) is 0 Å². The Morgan fingerprint density at radius 2 is 2.07 bits per heavy atom.